The number of methoxy groups -OCH3 is 1. The van der Waals surface area contributed by atoms with Crippen molar-refractivity contribution in [3.05, 3.63) is 0 Å². The zero-order valence-corrected chi connectivity index (χ0v) is 11.9. The van der Waals surface area contributed by atoms with Crippen molar-refractivity contribution in [3.63, 3.8) is 0 Å². The van der Waals surface area contributed by atoms with Crippen LogP contribution in [0.5, 0.6) is 6.01 Å². The maximum absolute atomic E-state index is 5.42. The molecule has 0 saturated heterocycles. The Labute approximate surface area is 114 Å². The first-order valence-electron chi connectivity index (χ1n) is 6.59. The highest BCUT2D eigenvalue weighted by Gasteiger charge is 2.05. The van der Waals surface area contributed by atoms with Crippen molar-refractivity contribution in [2.45, 2.75) is 26.2 Å². The smallest absolute Gasteiger partial charge is 0.323 e. The van der Waals surface area contributed by atoms with Gasteiger partial charge in [0, 0.05) is 27.3 Å². The van der Waals surface area contributed by atoms with E-state index in [2.05, 4.69) is 25.6 Å². The van der Waals surface area contributed by atoms with Gasteiger partial charge in [0.25, 0.3) is 0 Å². The largest absolute Gasteiger partial charge is 0.463 e. The summed E-state index contributed by atoms with van der Waals surface area (Å²) in [6, 6.07) is 0.348. The maximum atomic E-state index is 5.42. The van der Waals surface area contributed by atoms with Gasteiger partial charge in [-0.3, -0.25) is 0 Å². The number of nitrogens with zero attached hydrogens (tertiary/aromatic N) is 3. The molecule has 0 aromatic carbocycles. The van der Waals surface area contributed by atoms with Gasteiger partial charge in [-0.15, -0.1) is 0 Å². The average molecular weight is 269 g/mol. The summed E-state index contributed by atoms with van der Waals surface area (Å²) in [5.74, 6) is 1.03. The number of nitrogens with one attached hydrogen (secondary N) is 2. The van der Waals surface area contributed by atoms with Crippen LogP contribution in [0.1, 0.15) is 26.2 Å². The molecule has 0 spiro atoms. The standard InChI is InChI=1S/C12H23N5O2/c1-4-8-19-12-16-10(13-2)15-11(17-12)14-7-5-6-9-18-3/h4-9H2,1-3H3,(H2,13,14,15,16,17). The fraction of sp³-hybridized carbons (Fsp3) is 0.750. The van der Waals surface area contributed by atoms with Gasteiger partial charge >= 0.3 is 6.01 Å². The minimum atomic E-state index is 0.348. The van der Waals surface area contributed by atoms with Crippen LogP contribution in [-0.2, 0) is 4.74 Å². The van der Waals surface area contributed by atoms with E-state index in [1.54, 1.807) is 14.2 Å². The summed E-state index contributed by atoms with van der Waals surface area (Å²) in [7, 11) is 3.47. The summed E-state index contributed by atoms with van der Waals surface area (Å²) in [4.78, 5) is 12.6. The first-order chi connectivity index (χ1) is 9.30. The lowest BCUT2D eigenvalue weighted by atomic mass is 10.3. The molecule has 1 aromatic heterocycles. The normalized spacial score (nSPS) is 10.3. The molecule has 19 heavy (non-hydrogen) atoms. The number of aromatic nitrogens is 3. The third kappa shape index (κ3) is 6.19. The molecule has 0 aliphatic carbocycles. The van der Waals surface area contributed by atoms with Gasteiger partial charge in [0.15, 0.2) is 0 Å². The third-order valence-electron chi connectivity index (χ3n) is 2.33. The minimum absolute atomic E-state index is 0.348. The molecule has 0 aliphatic rings. The van der Waals surface area contributed by atoms with Gasteiger partial charge in [0.1, 0.15) is 0 Å². The molecule has 0 fully saturated rings. The van der Waals surface area contributed by atoms with Gasteiger partial charge in [-0.1, -0.05) is 6.92 Å². The lowest BCUT2D eigenvalue weighted by molar-refractivity contribution is 0.193. The van der Waals surface area contributed by atoms with Crippen LogP contribution in [0.4, 0.5) is 11.9 Å². The Morgan fingerprint density at radius 1 is 1.05 bits per heavy atom. The van der Waals surface area contributed by atoms with Crippen molar-refractivity contribution in [1.29, 1.82) is 0 Å². The number of hydrogen-bond donors (Lipinski definition) is 2. The Bertz CT molecular complexity index is 362. The van der Waals surface area contributed by atoms with Gasteiger partial charge in [0.05, 0.1) is 6.61 Å². The summed E-state index contributed by atoms with van der Waals surface area (Å²) >= 11 is 0. The Balaban J connectivity index is 2.50. The first-order valence-corrected chi connectivity index (χ1v) is 6.59. The Hall–Kier alpha value is -1.63. The third-order valence-corrected chi connectivity index (χ3v) is 2.33. The van der Waals surface area contributed by atoms with E-state index in [-0.39, 0.29) is 0 Å². The number of anilines is 2. The number of rotatable bonds is 10. The topological polar surface area (TPSA) is 81.2 Å². The van der Waals surface area contributed by atoms with Crippen molar-refractivity contribution < 1.29 is 9.47 Å². The molecule has 2 N–H and O–H groups in total. The van der Waals surface area contributed by atoms with Crippen molar-refractivity contribution in [3.8, 4) is 6.01 Å². The second-order valence-corrected chi connectivity index (χ2v) is 3.99. The highest BCUT2D eigenvalue weighted by Crippen LogP contribution is 2.11. The van der Waals surface area contributed by atoms with E-state index in [0.717, 1.165) is 32.4 Å². The molecule has 1 heterocycles. The molecule has 0 unspecified atom stereocenters. The first kappa shape index (κ1) is 15.4. The van der Waals surface area contributed by atoms with Gasteiger partial charge < -0.3 is 20.1 Å². The number of ether oxygens (including phenoxy) is 2. The highest BCUT2D eigenvalue weighted by molar-refractivity contribution is 5.35. The second-order valence-electron chi connectivity index (χ2n) is 3.99. The van der Waals surface area contributed by atoms with Crippen molar-refractivity contribution >= 4 is 11.9 Å². The molecule has 1 rings (SSSR count). The van der Waals surface area contributed by atoms with Gasteiger partial charge in [0.2, 0.25) is 11.9 Å². The maximum Gasteiger partial charge on any atom is 0.323 e. The molecule has 1 aromatic rings. The molecule has 0 radical (unpaired) electrons. The Kier molecular flexibility index (Phi) is 7.57. The van der Waals surface area contributed by atoms with Crippen LogP contribution in [0.2, 0.25) is 0 Å². The molecular weight excluding hydrogens is 246 g/mol. The van der Waals surface area contributed by atoms with Gasteiger partial charge in [-0.2, -0.15) is 15.0 Å². The van der Waals surface area contributed by atoms with Gasteiger partial charge in [-0.05, 0) is 19.3 Å². The SMILES string of the molecule is CCCOc1nc(NC)nc(NCCCCOC)n1. The summed E-state index contributed by atoms with van der Waals surface area (Å²) in [5, 5.41) is 6.05. The molecule has 0 aliphatic heterocycles. The molecule has 0 bridgehead atoms. The summed E-state index contributed by atoms with van der Waals surface area (Å²) in [5.41, 5.74) is 0. The molecule has 7 nitrogen and oxygen atoms in total. The lowest BCUT2D eigenvalue weighted by Crippen LogP contribution is -2.11. The van der Waals surface area contributed by atoms with E-state index >= 15 is 0 Å². The fourth-order valence-corrected chi connectivity index (χ4v) is 1.38. The summed E-state index contributed by atoms with van der Waals surface area (Å²) in [6.45, 7) is 4.20. The molecule has 7 heteroatoms. The summed E-state index contributed by atoms with van der Waals surface area (Å²) in [6.07, 6.45) is 2.92. The van der Waals surface area contributed by atoms with E-state index in [0.29, 0.717) is 24.5 Å². The summed E-state index contributed by atoms with van der Waals surface area (Å²) < 4.78 is 10.4. The van der Waals surface area contributed by atoms with Crippen LogP contribution in [0.25, 0.3) is 0 Å². The molecule has 108 valence electrons. The van der Waals surface area contributed by atoms with Crippen molar-refractivity contribution in [2.24, 2.45) is 0 Å². The number of unbranched alkanes of at least 4 members (excludes halogenated alkanes) is 1. The average Bonchev–Trinajstić information content (AvgIpc) is 2.44. The Morgan fingerprint density at radius 2 is 1.84 bits per heavy atom. The van der Waals surface area contributed by atoms with Crippen LogP contribution in [0.3, 0.4) is 0 Å². The van der Waals surface area contributed by atoms with Crippen LogP contribution in [0, 0.1) is 0 Å². The van der Waals surface area contributed by atoms with E-state index in [1.165, 1.54) is 0 Å². The molecular formula is C12H23N5O2. The predicted octanol–water partition coefficient (Wildman–Crippen LogP) is 1.54. The van der Waals surface area contributed by atoms with E-state index in [1.807, 2.05) is 6.92 Å². The van der Waals surface area contributed by atoms with Gasteiger partial charge in [-0.25, -0.2) is 0 Å². The lowest BCUT2D eigenvalue weighted by Gasteiger charge is -2.08. The van der Waals surface area contributed by atoms with Crippen LogP contribution >= 0.6 is 0 Å². The van der Waals surface area contributed by atoms with E-state index < -0.39 is 0 Å². The predicted molar refractivity (Wildman–Crippen MR) is 74.8 cm³/mol. The molecule has 0 amide bonds. The Morgan fingerprint density at radius 3 is 2.53 bits per heavy atom. The van der Waals surface area contributed by atoms with Crippen molar-refractivity contribution in [2.75, 3.05) is 44.5 Å². The molecule has 0 saturated carbocycles. The zero-order chi connectivity index (χ0) is 13.9. The van der Waals surface area contributed by atoms with E-state index in [4.69, 9.17) is 9.47 Å². The van der Waals surface area contributed by atoms with Crippen LogP contribution in [0.15, 0.2) is 0 Å². The molecule has 0 atom stereocenters. The monoisotopic (exact) mass is 269 g/mol. The minimum Gasteiger partial charge on any atom is -0.463 e. The highest BCUT2D eigenvalue weighted by atomic mass is 16.5. The fourth-order valence-electron chi connectivity index (χ4n) is 1.38. The second kappa shape index (κ2) is 9.32. The zero-order valence-electron chi connectivity index (χ0n) is 11.9. The quantitative estimate of drug-likeness (QED) is 0.623. The van der Waals surface area contributed by atoms with Crippen LogP contribution < -0.4 is 15.4 Å². The van der Waals surface area contributed by atoms with Crippen molar-refractivity contribution in [1.82, 2.24) is 15.0 Å². The van der Waals surface area contributed by atoms with Crippen LogP contribution in [-0.4, -0.2) is 48.9 Å². The van der Waals surface area contributed by atoms with E-state index in [9.17, 15) is 0 Å². The number of hydrogen-bond acceptors (Lipinski definition) is 7.